The van der Waals surface area contributed by atoms with Crippen molar-refractivity contribution in [2.24, 2.45) is 5.92 Å². The normalized spacial score (nSPS) is 28.6. The summed E-state index contributed by atoms with van der Waals surface area (Å²) in [5.41, 5.74) is 0. The molecular formula is C12H20N2O2. The van der Waals surface area contributed by atoms with Gasteiger partial charge in [-0.25, -0.2) is 0 Å². The molecule has 90 valence electrons. The Balaban J connectivity index is 2.06. The molecule has 1 N–H and O–H groups in total. The largest absolute Gasteiger partial charge is 0.343 e. The molecule has 0 aromatic rings. The Morgan fingerprint density at radius 2 is 2.12 bits per heavy atom. The summed E-state index contributed by atoms with van der Waals surface area (Å²) in [7, 11) is 0. The number of piperazine rings is 1. The minimum Gasteiger partial charge on any atom is -0.343 e. The van der Waals surface area contributed by atoms with Crippen LogP contribution in [0, 0.1) is 5.92 Å². The Morgan fingerprint density at radius 1 is 1.44 bits per heavy atom. The summed E-state index contributed by atoms with van der Waals surface area (Å²) in [6.07, 6.45) is 4.34. The zero-order valence-corrected chi connectivity index (χ0v) is 10.0. The zero-order valence-electron chi connectivity index (χ0n) is 10.0. The van der Waals surface area contributed by atoms with E-state index in [0.717, 1.165) is 0 Å². The first-order valence-corrected chi connectivity index (χ1v) is 6.23. The summed E-state index contributed by atoms with van der Waals surface area (Å²) in [6, 6.07) is -0.0786. The van der Waals surface area contributed by atoms with Gasteiger partial charge in [-0.2, -0.15) is 0 Å². The Kier molecular flexibility index (Phi) is 3.17. The van der Waals surface area contributed by atoms with Gasteiger partial charge in [-0.3, -0.25) is 9.59 Å². The maximum absolute atomic E-state index is 12.1. The summed E-state index contributed by atoms with van der Waals surface area (Å²) in [6.45, 7) is 4.25. The van der Waals surface area contributed by atoms with Crippen LogP contribution in [0.4, 0.5) is 0 Å². The van der Waals surface area contributed by atoms with Gasteiger partial charge in [0, 0.05) is 6.04 Å². The van der Waals surface area contributed by atoms with Crippen molar-refractivity contribution >= 4 is 11.8 Å². The second kappa shape index (κ2) is 4.44. The van der Waals surface area contributed by atoms with Crippen LogP contribution in [0.3, 0.4) is 0 Å². The molecular weight excluding hydrogens is 204 g/mol. The van der Waals surface area contributed by atoms with E-state index < -0.39 is 0 Å². The summed E-state index contributed by atoms with van der Waals surface area (Å²) >= 11 is 0. The average Bonchev–Trinajstić information content (AvgIpc) is 2.18. The van der Waals surface area contributed by atoms with Crippen LogP contribution < -0.4 is 5.32 Å². The summed E-state index contributed by atoms with van der Waals surface area (Å²) in [4.78, 5) is 25.4. The highest BCUT2D eigenvalue weighted by Gasteiger charge is 2.38. The number of carbonyl (C=O) groups excluding carboxylic acids is 2. The number of nitrogens with zero attached hydrogens (tertiary/aromatic N) is 1. The van der Waals surface area contributed by atoms with Crippen LogP contribution in [-0.4, -0.2) is 35.3 Å². The molecule has 4 nitrogen and oxygen atoms in total. The minimum absolute atomic E-state index is 0.0161. The van der Waals surface area contributed by atoms with Gasteiger partial charge in [0.25, 0.3) is 0 Å². The monoisotopic (exact) mass is 224 g/mol. The predicted octanol–water partition coefficient (Wildman–Crippen LogP) is 0.912. The van der Waals surface area contributed by atoms with Crippen molar-refractivity contribution in [1.29, 1.82) is 0 Å². The Hall–Kier alpha value is -1.06. The summed E-state index contributed by atoms with van der Waals surface area (Å²) in [5, 5.41) is 2.75. The lowest BCUT2D eigenvalue weighted by atomic mass is 9.79. The highest BCUT2D eigenvalue weighted by Crippen LogP contribution is 2.32. The fraction of sp³-hybridized carbons (Fsp3) is 0.833. The van der Waals surface area contributed by atoms with Crippen LogP contribution in [0.1, 0.15) is 39.5 Å². The van der Waals surface area contributed by atoms with Gasteiger partial charge in [0.1, 0.15) is 6.04 Å². The molecule has 0 bridgehead atoms. The number of rotatable bonds is 3. The Labute approximate surface area is 96.4 Å². The molecule has 1 aliphatic carbocycles. The van der Waals surface area contributed by atoms with Gasteiger partial charge >= 0.3 is 0 Å². The van der Waals surface area contributed by atoms with Gasteiger partial charge in [-0.15, -0.1) is 0 Å². The van der Waals surface area contributed by atoms with Gasteiger partial charge in [0.05, 0.1) is 6.54 Å². The molecule has 2 aliphatic rings. The highest BCUT2D eigenvalue weighted by atomic mass is 16.2. The van der Waals surface area contributed by atoms with E-state index in [4.69, 9.17) is 0 Å². The third-order valence-electron chi connectivity index (χ3n) is 3.96. The van der Waals surface area contributed by atoms with Crippen molar-refractivity contribution in [2.75, 3.05) is 6.54 Å². The molecule has 16 heavy (non-hydrogen) atoms. The van der Waals surface area contributed by atoms with E-state index in [1.807, 2.05) is 6.92 Å². The smallest absolute Gasteiger partial charge is 0.245 e. The first-order chi connectivity index (χ1) is 7.63. The first-order valence-electron chi connectivity index (χ1n) is 6.23. The molecule has 1 heterocycles. The lowest BCUT2D eigenvalue weighted by molar-refractivity contribution is -0.148. The van der Waals surface area contributed by atoms with E-state index in [-0.39, 0.29) is 30.4 Å². The molecule has 2 fully saturated rings. The SMILES string of the molecule is CCC1NC(=O)CN(C(C)C2CCC2)C1=O. The van der Waals surface area contributed by atoms with E-state index >= 15 is 0 Å². The molecule has 1 saturated heterocycles. The highest BCUT2D eigenvalue weighted by molar-refractivity contribution is 5.94. The molecule has 0 aromatic heterocycles. The number of hydrogen-bond donors (Lipinski definition) is 1. The predicted molar refractivity (Wildman–Crippen MR) is 60.7 cm³/mol. The van der Waals surface area contributed by atoms with Crippen LogP contribution in [0.25, 0.3) is 0 Å². The van der Waals surface area contributed by atoms with E-state index in [0.29, 0.717) is 12.3 Å². The molecule has 0 radical (unpaired) electrons. The van der Waals surface area contributed by atoms with E-state index in [1.54, 1.807) is 4.90 Å². The maximum atomic E-state index is 12.1. The molecule has 2 unspecified atom stereocenters. The lowest BCUT2D eigenvalue weighted by Crippen LogP contribution is -2.61. The van der Waals surface area contributed by atoms with Gasteiger partial charge in [-0.05, 0) is 32.1 Å². The topological polar surface area (TPSA) is 49.4 Å². The van der Waals surface area contributed by atoms with Crippen LogP contribution in [0.2, 0.25) is 0 Å². The van der Waals surface area contributed by atoms with E-state index in [1.165, 1.54) is 19.3 Å². The third-order valence-corrected chi connectivity index (χ3v) is 3.96. The van der Waals surface area contributed by atoms with Gasteiger partial charge in [0.2, 0.25) is 11.8 Å². The fourth-order valence-electron chi connectivity index (χ4n) is 2.53. The first kappa shape index (κ1) is 11.4. The van der Waals surface area contributed by atoms with Crippen molar-refractivity contribution in [2.45, 2.75) is 51.6 Å². The lowest BCUT2D eigenvalue weighted by Gasteiger charge is -2.42. The summed E-state index contributed by atoms with van der Waals surface area (Å²) in [5.74, 6) is 0.687. The third kappa shape index (κ3) is 1.93. The van der Waals surface area contributed by atoms with Crippen LogP contribution in [0.15, 0.2) is 0 Å². The number of hydrogen-bond acceptors (Lipinski definition) is 2. The number of amides is 2. The molecule has 2 atom stereocenters. The van der Waals surface area contributed by atoms with Crippen LogP contribution in [0.5, 0.6) is 0 Å². The molecule has 2 rings (SSSR count). The van der Waals surface area contributed by atoms with Crippen LogP contribution in [-0.2, 0) is 9.59 Å². The van der Waals surface area contributed by atoms with Crippen molar-refractivity contribution in [1.82, 2.24) is 10.2 Å². The fourth-order valence-corrected chi connectivity index (χ4v) is 2.53. The van der Waals surface area contributed by atoms with Gasteiger partial charge in [0.15, 0.2) is 0 Å². The van der Waals surface area contributed by atoms with E-state index in [2.05, 4.69) is 12.2 Å². The maximum Gasteiger partial charge on any atom is 0.245 e. The standard InChI is InChI=1S/C12H20N2O2/c1-3-10-12(16)14(7-11(15)13-10)8(2)9-5-4-6-9/h8-10H,3-7H2,1-2H3,(H,13,15). The molecule has 0 spiro atoms. The zero-order chi connectivity index (χ0) is 11.7. The minimum atomic E-state index is -0.302. The second-order valence-corrected chi connectivity index (χ2v) is 4.93. The molecule has 2 amide bonds. The van der Waals surface area contributed by atoms with Crippen LogP contribution >= 0.6 is 0 Å². The van der Waals surface area contributed by atoms with Crippen molar-refractivity contribution < 1.29 is 9.59 Å². The Bertz CT molecular complexity index is 299. The summed E-state index contributed by atoms with van der Waals surface area (Å²) < 4.78 is 0. The quantitative estimate of drug-likeness (QED) is 0.774. The Morgan fingerprint density at radius 3 is 2.62 bits per heavy atom. The molecule has 4 heteroatoms. The van der Waals surface area contributed by atoms with Gasteiger partial charge in [-0.1, -0.05) is 13.3 Å². The number of nitrogens with one attached hydrogen (secondary N) is 1. The van der Waals surface area contributed by atoms with Gasteiger partial charge < -0.3 is 10.2 Å². The van der Waals surface area contributed by atoms with E-state index in [9.17, 15) is 9.59 Å². The number of carbonyl (C=O) groups is 2. The van der Waals surface area contributed by atoms with Crippen molar-refractivity contribution in [3.05, 3.63) is 0 Å². The molecule has 1 aliphatic heterocycles. The molecule has 1 saturated carbocycles. The second-order valence-electron chi connectivity index (χ2n) is 4.93. The molecule has 0 aromatic carbocycles. The van der Waals surface area contributed by atoms with Crippen molar-refractivity contribution in [3.8, 4) is 0 Å². The van der Waals surface area contributed by atoms with Crippen molar-refractivity contribution in [3.63, 3.8) is 0 Å². The average molecular weight is 224 g/mol.